The van der Waals surface area contributed by atoms with Gasteiger partial charge in [0.25, 0.3) is 0 Å². The maximum Gasteiger partial charge on any atom is 0.246 e. The van der Waals surface area contributed by atoms with E-state index in [1.807, 2.05) is 31.2 Å². The zero-order chi connectivity index (χ0) is 22.8. The number of aryl methyl sites for hydroxylation is 1. The molecule has 3 aromatic rings. The van der Waals surface area contributed by atoms with Gasteiger partial charge in [-0.25, -0.2) is 12.8 Å². The van der Waals surface area contributed by atoms with Crippen molar-refractivity contribution >= 4 is 21.6 Å². The Kier molecular flexibility index (Phi) is 6.40. The number of hydrogen-bond acceptors (Lipinski definition) is 6. The minimum atomic E-state index is -3.85. The topological polar surface area (TPSA) is 96.6 Å². The third-order valence-electron chi connectivity index (χ3n) is 4.66. The molecule has 0 saturated heterocycles. The normalized spacial score (nSPS) is 12.4. The molecule has 3 rings (SSSR count). The highest BCUT2D eigenvalue weighted by Crippen LogP contribution is 2.23. The van der Waals surface area contributed by atoms with E-state index in [1.165, 1.54) is 37.1 Å². The smallest absolute Gasteiger partial charge is 0.246 e. The molecule has 0 aliphatic carbocycles. The molecular weight excluding hydrogens is 423 g/mol. The van der Waals surface area contributed by atoms with E-state index in [-0.39, 0.29) is 18.1 Å². The molecular formula is C21H23FN4O4S. The maximum atomic E-state index is 13.6. The summed E-state index contributed by atoms with van der Waals surface area (Å²) in [4.78, 5) is 18.5. The van der Waals surface area contributed by atoms with Crippen LogP contribution in [0, 0.1) is 12.7 Å². The number of carbonyl (C=O) groups is 1. The summed E-state index contributed by atoms with van der Waals surface area (Å²) in [6.07, 6.45) is 0.966. The molecule has 31 heavy (non-hydrogen) atoms. The lowest BCUT2D eigenvalue weighted by Crippen LogP contribution is -2.48. The van der Waals surface area contributed by atoms with E-state index in [4.69, 9.17) is 4.52 Å². The van der Waals surface area contributed by atoms with E-state index in [1.54, 1.807) is 0 Å². The van der Waals surface area contributed by atoms with Crippen molar-refractivity contribution in [1.29, 1.82) is 0 Å². The van der Waals surface area contributed by atoms with Crippen LogP contribution in [-0.4, -0.2) is 48.7 Å². The first kappa shape index (κ1) is 22.4. The van der Waals surface area contributed by atoms with Gasteiger partial charge in [0.2, 0.25) is 27.6 Å². The number of amides is 1. The van der Waals surface area contributed by atoms with Crippen LogP contribution in [-0.2, 0) is 21.4 Å². The van der Waals surface area contributed by atoms with E-state index in [0.717, 1.165) is 27.8 Å². The third-order valence-corrected chi connectivity index (χ3v) is 5.90. The second kappa shape index (κ2) is 8.84. The zero-order valence-electron chi connectivity index (χ0n) is 17.6. The Hall–Kier alpha value is -3.27. The summed E-state index contributed by atoms with van der Waals surface area (Å²) in [6.45, 7) is 3.40. The van der Waals surface area contributed by atoms with Crippen molar-refractivity contribution < 1.29 is 22.1 Å². The summed E-state index contributed by atoms with van der Waals surface area (Å²) in [6, 6.07) is 11.5. The number of hydrogen-bond donors (Lipinski definition) is 0. The van der Waals surface area contributed by atoms with Gasteiger partial charge in [0.1, 0.15) is 11.9 Å². The quantitative estimate of drug-likeness (QED) is 0.554. The SMILES string of the molecule is Cc1ccc(-c2noc(CN(C)C(=O)C(C)N(c3cccc(F)c3)S(C)(=O)=O)n2)cc1. The van der Waals surface area contributed by atoms with Gasteiger partial charge < -0.3 is 9.42 Å². The number of anilines is 1. The second-order valence-electron chi connectivity index (χ2n) is 7.29. The van der Waals surface area contributed by atoms with Crippen molar-refractivity contribution in [3.63, 3.8) is 0 Å². The monoisotopic (exact) mass is 446 g/mol. The van der Waals surface area contributed by atoms with Crippen molar-refractivity contribution in [2.75, 3.05) is 17.6 Å². The van der Waals surface area contributed by atoms with Gasteiger partial charge in [0.15, 0.2) is 0 Å². The molecule has 1 amide bonds. The van der Waals surface area contributed by atoms with E-state index in [0.29, 0.717) is 5.82 Å². The van der Waals surface area contributed by atoms with E-state index in [9.17, 15) is 17.6 Å². The molecule has 10 heteroatoms. The molecule has 1 unspecified atom stereocenters. The average Bonchev–Trinajstić information content (AvgIpc) is 3.15. The van der Waals surface area contributed by atoms with Crippen LogP contribution < -0.4 is 4.31 Å². The van der Waals surface area contributed by atoms with E-state index >= 15 is 0 Å². The lowest BCUT2D eigenvalue weighted by molar-refractivity contribution is -0.131. The first-order valence-corrected chi connectivity index (χ1v) is 11.3. The molecule has 0 N–H and O–H groups in total. The Morgan fingerprint density at radius 3 is 2.48 bits per heavy atom. The Bertz CT molecular complexity index is 1180. The van der Waals surface area contributed by atoms with Crippen LogP contribution in [0.5, 0.6) is 0 Å². The minimum Gasteiger partial charge on any atom is -0.337 e. The zero-order valence-corrected chi connectivity index (χ0v) is 18.4. The number of benzene rings is 2. The summed E-state index contributed by atoms with van der Waals surface area (Å²) in [5, 5.41) is 3.93. The number of likely N-dealkylation sites (N-methyl/N-ethyl adjacent to an activating group) is 1. The van der Waals surface area contributed by atoms with Crippen molar-refractivity contribution in [1.82, 2.24) is 15.0 Å². The van der Waals surface area contributed by atoms with Crippen molar-refractivity contribution in [3.05, 3.63) is 65.8 Å². The molecule has 1 aromatic heterocycles. The highest BCUT2D eigenvalue weighted by Gasteiger charge is 2.31. The summed E-state index contributed by atoms with van der Waals surface area (Å²) < 4.78 is 44.5. The Labute approximate surface area is 180 Å². The van der Waals surface area contributed by atoms with Gasteiger partial charge in [-0.05, 0) is 32.0 Å². The molecule has 0 saturated carbocycles. The van der Waals surface area contributed by atoms with Crippen LogP contribution in [0.25, 0.3) is 11.4 Å². The Morgan fingerprint density at radius 2 is 1.87 bits per heavy atom. The number of nitrogens with zero attached hydrogens (tertiary/aromatic N) is 4. The molecule has 0 radical (unpaired) electrons. The van der Waals surface area contributed by atoms with Crippen LogP contribution in [0.15, 0.2) is 53.1 Å². The standard InChI is InChI=1S/C21H23FN4O4S/c1-14-8-10-16(11-9-14)20-23-19(30-24-20)13-25(3)21(27)15(2)26(31(4,28)29)18-7-5-6-17(22)12-18/h5-12,15H,13H2,1-4H3. The highest BCUT2D eigenvalue weighted by molar-refractivity contribution is 7.92. The van der Waals surface area contributed by atoms with Gasteiger partial charge in [-0.15, -0.1) is 0 Å². The molecule has 0 fully saturated rings. The molecule has 1 heterocycles. The number of carbonyl (C=O) groups excluding carboxylic acids is 1. The van der Waals surface area contributed by atoms with Gasteiger partial charge in [0, 0.05) is 12.6 Å². The van der Waals surface area contributed by atoms with Gasteiger partial charge in [0.05, 0.1) is 18.5 Å². The maximum absolute atomic E-state index is 13.6. The van der Waals surface area contributed by atoms with Gasteiger partial charge >= 0.3 is 0 Å². The lowest BCUT2D eigenvalue weighted by Gasteiger charge is -2.30. The Balaban J connectivity index is 1.77. The average molecular weight is 447 g/mol. The summed E-state index contributed by atoms with van der Waals surface area (Å²) in [7, 11) is -2.35. The minimum absolute atomic E-state index is 0.0111. The van der Waals surface area contributed by atoms with Gasteiger partial charge in [-0.2, -0.15) is 4.98 Å². The molecule has 0 aliphatic rings. The number of halogens is 1. The highest BCUT2D eigenvalue weighted by atomic mass is 32.2. The fraction of sp³-hybridized carbons (Fsp3) is 0.286. The molecule has 0 spiro atoms. The first-order valence-electron chi connectivity index (χ1n) is 9.46. The molecule has 0 bridgehead atoms. The summed E-state index contributed by atoms with van der Waals surface area (Å²) in [5.41, 5.74) is 1.94. The lowest BCUT2D eigenvalue weighted by atomic mass is 10.1. The number of sulfonamides is 1. The predicted octanol–water partition coefficient (Wildman–Crippen LogP) is 3.00. The van der Waals surface area contributed by atoms with Crippen molar-refractivity contribution in [2.45, 2.75) is 26.4 Å². The van der Waals surface area contributed by atoms with Crippen LogP contribution in [0.4, 0.5) is 10.1 Å². The molecule has 1 atom stereocenters. The third kappa shape index (κ3) is 5.26. The number of rotatable bonds is 7. The van der Waals surface area contributed by atoms with Crippen LogP contribution in [0.2, 0.25) is 0 Å². The second-order valence-corrected chi connectivity index (χ2v) is 9.15. The fourth-order valence-corrected chi connectivity index (χ4v) is 4.32. The largest absolute Gasteiger partial charge is 0.337 e. The van der Waals surface area contributed by atoms with Crippen molar-refractivity contribution in [3.8, 4) is 11.4 Å². The molecule has 2 aromatic carbocycles. The summed E-state index contributed by atoms with van der Waals surface area (Å²) in [5.74, 6) is -0.518. The van der Waals surface area contributed by atoms with Crippen molar-refractivity contribution in [2.24, 2.45) is 0 Å². The first-order chi connectivity index (χ1) is 14.6. The van der Waals surface area contributed by atoms with Crippen LogP contribution in [0.1, 0.15) is 18.4 Å². The molecule has 8 nitrogen and oxygen atoms in total. The molecule has 0 aliphatic heterocycles. The van der Waals surface area contributed by atoms with Crippen LogP contribution in [0.3, 0.4) is 0 Å². The van der Waals surface area contributed by atoms with Gasteiger partial charge in [-0.1, -0.05) is 41.1 Å². The Morgan fingerprint density at radius 1 is 1.19 bits per heavy atom. The number of aromatic nitrogens is 2. The van der Waals surface area contributed by atoms with Gasteiger partial charge in [-0.3, -0.25) is 9.10 Å². The summed E-state index contributed by atoms with van der Waals surface area (Å²) >= 11 is 0. The molecule has 164 valence electrons. The van der Waals surface area contributed by atoms with Crippen LogP contribution >= 0.6 is 0 Å². The van der Waals surface area contributed by atoms with E-state index in [2.05, 4.69) is 10.1 Å². The van der Waals surface area contributed by atoms with E-state index < -0.39 is 27.8 Å². The fourth-order valence-electron chi connectivity index (χ4n) is 3.15. The predicted molar refractivity (Wildman–Crippen MR) is 114 cm³/mol.